The van der Waals surface area contributed by atoms with Gasteiger partial charge >= 0.3 is 11.9 Å². The van der Waals surface area contributed by atoms with Crippen molar-refractivity contribution in [1.29, 1.82) is 0 Å². The zero-order chi connectivity index (χ0) is 19.2. The summed E-state index contributed by atoms with van der Waals surface area (Å²) in [6.07, 6.45) is 2.79. The quantitative estimate of drug-likeness (QED) is 0.713. The number of hydrogen-bond acceptors (Lipinski definition) is 8. The third kappa shape index (κ3) is 4.51. The SMILES string of the molecule is CCOC(=O)C1CCCCN1Cc1nc(-c2ccc(C(=O)OC)cc2)no1. The minimum absolute atomic E-state index is 0.199. The van der Waals surface area contributed by atoms with Crippen LogP contribution in [0.5, 0.6) is 0 Å². The molecular weight excluding hydrogens is 350 g/mol. The van der Waals surface area contributed by atoms with E-state index in [9.17, 15) is 9.59 Å². The second kappa shape index (κ2) is 8.77. The molecule has 2 aromatic rings. The van der Waals surface area contributed by atoms with Crippen molar-refractivity contribution in [3.63, 3.8) is 0 Å². The first kappa shape index (κ1) is 19.0. The van der Waals surface area contributed by atoms with Crippen molar-refractivity contribution in [3.8, 4) is 11.4 Å². The van der Waals surface area contributed by atoms with Crippen LogP contribution in [0, 0.1) is 0 Å². The van der Waals surface area contributed by atoms with E-state index in [1.54, 1.807) is 31.2 Å². The first-order chi connectivity index (χ1) is 13.1. The highest BCUT2D eigenvalue weighted by Crippen LogP contribution is 2.22. The molecule has 1 aromatic heterocycles. The van der Waals surface area contributed by atoms with E-state index in [2.05, 4.69) is 14.9 Å². The van der Waals surface area contributed by atoms with Crippen molar-refractivity contribution >= 4 is 11.9 Å². The van der Waals surface area contributed by atoms with Gasteiger partial charge in [-0.25, -0.2) is 4.79 Å². The predicted molar refractivity (Wildman–Crippen MR) is 95.8 cm³/mol. The summed E-state index contributed by atoms with van der Waals surface area (Å²) < 4.78 is 15.2. The van der Waals surface area contributed by atoms with Crippen LogP contribution in [0.4, 0.5) is 0 Å². The fourth-order valence-corrected chi connectivity index (χ4v) is 3.17. The zero-order valence-corrected chi connectivity index (χ0v) is 15.5. The van der Waals surface area contributed by atoms with Crippen LogP contribution in [0.2, 0.25) is 0 Å². The number of aromatic nitrogens is 2. The Morgan fingerprint density at radius 2 is 2.04 bits per heavy atom. The Bertz CT molecular complexity index is 787. The van der Waals surface area contributed by atoms with E-state index in [4.69, 9.17) is 9.26 Å². The van der Waals surface area contributed by atoms with E-state index in [0.29, 0.717) is 30.4 Å². The monoisotopic (exact) mass is 373 g/mol. The van der Waals surface area contributed by atoms with E-state index in [1.165, 1.54) is 7.11 Å². The number of methoxy groups -OCH3 is 1. The number of benzene rings is 1. The average Bonchev–Trinajstić information content (AvgIpc) is 3.16. The minimum Gasteiger partial charge on any atom is -0.465 e. The van der Waals surface area contributed by atoms with Crippen molar-refractivity contribution in [3.05, 3.63) is 35.7 Å². The van der Waals surface area contributed by atoms with Gasteiger partial charge in [-0.3, -0.25) is 9.69 Å². The lowest BCUT2D eigenvalue weighted by Gasteiger charge is -2.32. The van der Waals surface area contributed by atoms with E-state index < -0.39 is 5.97 Å². The summed E-state index contributed by atoms with van der Waals surface area (Å²) in [5, 5.41) is 4.01. The maximum atomic E-state index is 12.2. The molecule has 0 radical (unpaired) electrons. The summed E-state index contributed by atoms with van der Waals surface area (Å²) in [6, 6.07) is 6.51. The van der Waals surface area contributed by atoms with Gasteiger partial charge in [-0.15, -0.1) is 0 Å². The van der Waals surface area contributed by atoms with Gasteiger partial charge in [-0.1, -0.05) is 23.7 Å². The molecule has 8 nitrogen and oxygen atoms in total. The Labute approximate surface area is 157 Å². The van der Waals surface area contributed by atoms with E-state index in [1.807, 2.05) is 4.90 Å². The fraction of sp³-hybridized carbons (Fsp3) is 0.474. The smallest absolute Gasteiger partial charge is 0.337 e. The maximum Gasteiger partial charge on any atom is 0.337 e. The van der Waals surface area contributed by atoms with Crippen LogP contribution in [0.25, 0.3) is 11.4 Å². The number of likely N-dealkylation sites (tertiary alicyclic amines) is 1. The molecule has 0 N–H and O–H groups in total. The summed E-state index contributed by atoms with van der Waals surface area (Å²) in [6.45, 7) is 3.36. The molecule has 1 aromatic carbocycles. The first-order valence-electron chi connectivity index (χ1n) is 9.04. The van der Waals surface area contributed by atoms with Crippen LogP contribution in [0.15, 0.2) is 28.8 Å². The largest absolute Gasteiger partial charge is 0.465 e. The molecule has 3 rings (SSSR count). The zero-order valence-electron chi connectivity index (χ0n) is 15.5. The lowest BCUT2D eigenvalue weighted by atomic mass is 10.0. The van der Waals surface area contributed by atoms with Crippen molar-refractivity contribution in [1.82, 2.24) is 15.0 Å². The molecule has 0 amide bonds. The van der Waals surface area contributed by atoms with Gasteiger partial charge in [-0.05, 0) is 38.4 Å². The van der Waals surface area contributed by atoms with Gasteiger partial charge in [0.05, 0.1) is 25.8 Å². The molecular formula is C19H23N3O5. The number of carbonyl (C=O) groups is 2. The number of carbonyl (C=O) groups excluding carboxylic acids is 2. The Kier molecular flexibility index (Phi) is 6.18. The molecule has 144 valence electrons. The van der Waals surface area contributed by atoms with Crippen molar-refractivity contribution in [2.24, 2.45) is 0 Å². The molecule has 1 unspecified atom stereocenters. The summed E-state index contributed by atoms with van der Waals surface area (Å²) in [5.41, 5.74) is 1.19. The highest BCUT2D eigenvalue weighted by Gasteiger charge is 2.31. The Balaban J connectivity index is 1.69. The van der Waals surface area contributed by atoms with Gasteiger partial charge in [0.15, 0.2) is 0 Å². The van der Waals surface area contributed by atoms with Crippen LogP contribution < -0.4 is 0 Å². The minimum atomic E-state index is -0.398. The van der Waals surface area contributed by atoms with Gasteiger partial charge < -0.3 is 14.0 Å². The average molecular weight is 373 g/mol. The molecule has 1 atom stereocenters. The second-order valence-electron chi connectivity index (χ2n) is 6.31. The van der Waals surface area contributed by atoms with Crippen LogP contribution in [-0.2, 0) is 20.8 Å². The van der Waals surface area contributed by atoms with Crippen LogP contribution in [0.3, 0.4) is 0 Å². The molecule has 0 bridgehead atoms. The summed E-state index contributed by atoms with van der Waals surface area (Å²) in [4.78, 5) is 30.1. The number of piperidine rings is 1. The van der Waals surface area contributed by atoms with Crippen LogP contribution in [0.1, 0.15) is 42.4 Å². The molecule has 2 heterocycles. The van der Waals surface area contributed by atoms with Gasteiger partial charge in [0.2, 0.25) is 11.7 Å². The molecule has 1 saturated heterocycles. The Morgan fingerprint density at radius 1 is 1.26 bits per heavy atom. The van der Waals surface area contributed by atoms with E-state index >= 15 is 0 Å². The molecule has 0 aliphatic carbocycles. The van der Waals surface area contributed by atoms with Gasteiger partial charge in [0.25, 0.3) is 0 Å². The number of hydrogen-bond donors (Lipinski definition) is 0. The summed E-state index contributed by atoms with van der Waals surface area (Å²) in [7, 11) is 1.34. The predicted octanol–water partition coefficient (Wildman–Crippen LogP) is 2.44. The van der Waals surface area contributed by atoms with Crippen molar-refractivity contribution < 1.29 is 23.6 Å². The number of rotatable bonds is 6. The molecule has 0 saturated carbocycles. The molecule has 8 heteroatoms. The van der Waals surface area contributed by atoms with Crippen molar-refractivity contribution in [2.45, 2.75) is 38.8 Å². The van der Waals surface area contributed by atoms with E-state index in [-0.39, 0.29) is 12.0 Å². The Morgan fingerprint density at radius 3 is 2.74 bits per heavy atom. The molecule has 1 aliphatic rings. The first-order valence-corrected chi connectivity index (χ1v) is 9.04. The maximum absolute atomic E-state index is 12.2. The third-order valence-electron chi connectivity index (χ3n) is 4.54. The summed E-state index contributed by atoms with van der Waals surface area (Å²) >= 11 is 0. The van der Waals surface area contributed by atoms with E-state index in [0.717, 1.165) is 31.4 Å². The normalized spacial score (nSPS) is 17.5. The fourth-order valence-electron chi connectivity index (χ4n) is 3.17. The molecule has 1 fully saturated rings. The Hall–Kier alpha value is -2.74. The summed E-state index contributed by atoms with van der Waals surface area (Å²) in [5.74, 6) is 0.283. The van der Waals surface area contributed by atoms with Gasteiger partial charge in [-0.2, -0.15) is 4.98 Å². The number of esters is 2. The van der Waals surface area contributed by atoms with Gasteiger partial charge in [0, 0.05) is 5.56 Å². The highest BCUT2D eigenvalue weighted by atomic mass is 16.5. The van der Waals surface area contributed by atoms with Crippen molar-refractivity contribution in [2.75, 3.05) is 20.3 Å². The molecule has 0 spiro atoms. The lowest BCUT2D eigenvalue weighted by Crippen LogP contribution is -2.45. The van der Waals surface area contributed by atoms with Crippen LogP contribution >= 0.6 is 0 Å². The van der Waals surface area contributed by atoms with Crippen LogP contribution in [-0.4, -0.2) is 53.3 Å². The number of ether oxygens (including phenoxy) is 2. The molecule has 1 aliphatic heterocycles. The number of nitrogens with zero attached hydrogens (tertiary/aromatic N) is 3. The highest BCUT2D eigenvalue weighted by molar-refractivity contribution is 5.89. The molecule has 27 heavy (non-hydrogen) atoms. The second-order valence-corrected chi connectivity index (χ2v) is 6.31. The topological polar surface area (TPSA) is 94.8 Å². The third-order valence-corrected chi connectivity index (χ3v) is 4.54. The standard InChI is InChI=1S/C19H23N3O5/c1-3-26-19(24)15-6-4-5-11-22(15)12-16-20-17(21-27-16)13-7-9-14(10-8-13)18(23)25-2/h7-10,15H,3-6,11-12H2,1-2H3. The lowest BCUT2D eigenvalue weighted by molar-refractivity contribution is -0.151. The van der Waals surface area contributed by atoms with Gasteiger partial charge in [0.1, 0.15) is 6.04 Å².